The highest BCUT2D eigenvalue weighted by Gasteiger charge is 2.37. The molecule has 138 valence electrons. The average Bonchev–Trinajstić information content (AvgIpc) is 3.50. The minimum Gasteiger partial charge on any atom is -0.361 e. The topological polar surface area (TPSA) is 39.3 Å². The summed E-state index contributed by atoms with van der Waals surface area (Å²) in [6.45, 7) is 2.76. The molecular weight excluding hydrogens is 334 g/mol. The molecule has 1 saturated heterocycles. The Morgan fingerprint density at radius 2 is 1.78 bits per heavy atom. The van der Waals surface area contributed by atoms with E-state index in [1.807, 2.05) is 24.4 Å². The van der Waals surface area contributed by atoms with Gasteiger partial charge in [0.2, 0.25) is 5.91 Å². The van der Waals surface area contributed by atoms with Crippen LogP contribution in [-0.4, -0.2) is 46.4 Å². The number of H-pyrrole nitrogens is 1. The van der Waals surface area contributed by atoms with Gasteiger partial charge >= 0.3 is 0 Å². The number of piperazine rings is 1. The van der Waals surface area contributed by atoms with Crippen LogP contribution in [0.5, 0.6) is 0 Å². The number of rotatable bonds is 4. The predicted molar refractivity (Wildman–Crippen MR) is 107 cm³/mol. The number of hydrogen-bond donors (Lipinski definition) is 1. The number of nitrogens with zero attached hydrogens (tertiary/aromatic N) is 2. The highest BCUT2D eigenvalue weighted by Crippen LogP contribution is 2.34. The number of carbonyl (C=O) groups is 1. The first-order valence-electron chi connectivity index (χ1n) is 9.93. The Morgan fingerprint density at radius 1 is 1.00 bits per heavy atom. The van der Waals surface area contributed by atoms with Gasteiger partial charge in [-0.2, -0.15) is 0 Å². The molecule has 2 fully saturated rings. The number of hydrogen-bond acceptors (Lipinski definition) is 2. The van der Waals surface area contributed by atoms with Gasteiger partial charge in [-0.05, 0) is 30.0 Å². The molecule has 1 aromatic heterocycles. The smallest absolute Gasteiger partial charge is 0.227 e. The maximum absolute atomic E-state index is 13.3. The van der Waals surface area contributed by atoms with Gasteiger partial charge in [-0.15, -0.1) is 0 Å². The van der Waals surface area contributed by atoms with Crippen molar-refractivity contribution in [3.63, 3.8) is 0 Å². The molecule has 1 aliphatic carbocycles. The third-order valence-electron chi connectivity index (χ3n) is 6.00. The van der Waals surface area contributed by atoms with E-state index in [0.717, 1.165) is 42.1 Å². The molecule has 1 aliphatic heterocycles. The van der Waals surface area contributed by atoms with Crippen LogP contribution in [0.25, 0.3) is 10.9 Å². The Balaban J connectivity index is 1.40. The zero-order valence-electron chi connectivity index (χ0n) is 15.5. The number of aromatic amines is 1. The van der Waals surface area contributed by atoms with E-state index in [1.54, 1.807) is 0 Å². The van der Waals surface area contributed by atoms with Gasteiger partial charge in [0.15, 0.2) is 0 Å². The summed E-state index contributed by atoms with van der Waals surface area (Å²) < 4.78 is 0. The predicted octanol–water partition coefficient (Wildman–Crippen LogP) is 3.76. The molecule has 2 aromatic carbocycles. The second kappa shape index (κ2) is 6.86. The molecule has 3 aromatic rings. The average molecular weight is 359 g/mol. The molecule has 1 unspecified atom stereocenters. The molecule has 5 rings (SSSR count). The number of nitrogens with one attached hydrogen (secondary N) is 1. The van der Waals surface area contributed by atoms with E-state index in [0.29, 0.717) is 6.42 Å². The fraction of sp³-hybridized carbons (Fsp3) is 0.348. The zero-order valence-corrected chi connectivity index (χ0v) is 15.5. The lowest BCUT2D eigenvalue weighted by Crippen LogP contribution is -2.51. The first kappa shape index (κ1) is 16.6. The fourth-order valence-corrected chi connectivity index (χ4v) is 4.38. The molecule has 2 aliphatic rings. The van der Waals surface area contributed by atoms with Crippen LogP contribution in [0.3, 0.4) is 0 Å². The Hall–Kier alpha value is -2.59. The Morgan fingerprint density at radius 3 is 2.59 bits per heavy atom. The first-order valence-corrected chi connectivity index (χ1v) is 9.93. The minimum atomic E-state index is 0.151. The fourth-order valence-electron chi connectivity index (χ4n) is 4.38. The molecule has 2 heterocycles. The molecule has 4 nitrogen and oxygen atoms in total. The largest absolute Gasteiger partial charge is 0.361 e. The summed E-state index contributed by atoms with van der Waals surface area (Å²) in [6.07, 6.45) is 5.06. The van der Waals surface area contributed by atoms with Crippen molar-refractivity contribution in [3.8, 4) is 0 Å². The number of aromatic nitrogens is 1. The number of benzene rings is 2. The Kier molecular flexibility index (Phi) is 4.21. The van der Waals surface area contributed by atoms with Gasteiger partial charge in [-0.3, -0.25) is 9.69 Å². The lowest BCUT2D eigenvalue weighted by molar-refractivity contribution is -0.135. The standard InChI is InChI=1S/C23H25N3O/c27-23(14-18-15-24-21-9-5-4-8-20(18)21)26-13-12-25(19-10-11-19)16-22(26)17-6-2-1-3-7-17/h1-9,15,19,22,24H,10-14,16H2. The molecule has 0 bridgehead atoms. The molecule has 1 saturated carbocycles. The molecule has 1 N–H and O–H groups in total. The van der Waals surface area contributed by atoms with E-state index in [1.165, 1.54) is 18.4 Å². The monoisotopic (exact) mass is 359 g/mol. The van der Waals surface area contributed by atoms with E-state index < -0.39 is 0 Å². The summed E-state index contributed by atoms with van der Waals surface area (Å²) >= 11 is 0. The van der Waals surface area contributed by atoms with Gasteiger partial charge in [0.1, 0.15) is 0 Å². The van der Waals surface area contributed by atoms with E-state index in [-0.39, 0.29) is 11.9 Å². The second-order valence-corrected chi connectivity index (χ2v) is 7.78. The highest BCUT2D eigenvalue weighted by molar-refractivity contribution is 5.89. The Bertz CT molecular complexity index is 944. The molecule has 1 atom stereocenters. The zero-order chi connectivity index (χ0) is 18.2. The van der Waals surface area contributed by atoms with Gasteiger partial charge in [0.05, 0.1) is 12.5 Å². The van der Waals surface area contributed by atoms with Crippen LogP contribution < -0.4 is 0 Å². The first-order chi connectivity index (χ1) is 13.3. The summed E-state index contributed by atoms with van der Waals surface area (Å²) in [4.78, 5) is 21.3. The lowest BCUT2D eigenvalue weighted by Gasteiger charge is -2.42. The summed E-state index contributed by atoms with van der Waals surface area (Å²) in [6, 6.07) is 19.6. The van der Waals surface area contributed by atoms with Crippen molar-refractivity contribution in [3.05, 3.63) is 71.9 Å². The van der Waals surface area contributed by atoms with Crippen LogP contribution in [0.2, 0.25) is 0 Å². The van der Waals surface area contributed by atoms with Crippen molar-refractivity contribution >= 4 is 16.8 Å². The molecule has 1 amide bonds. The highest BCUT2D eigenvalue weighted by atomic mass is 16.2. The van der Waals surface area contributed by atoms with Gasteiger partial charge < -0.3 is 9.88 Å². The van der Waals surface area contributed by atoms with Crippen molar-refractivity contribution in [2.75, 3.05) is 19.6 Å². The maximum atomic E-state index is 13.3. The molecule has 0 radical (unpaired) electrons. The van der Waals surface area contributed by atoms with E-state index in [2.05, 4.69) is 51.2 Å². The number of carbonyl (C=O) groups excluding carboxylic acids is 1. The third kappa shape index (κ3) is 3.26. The van der Waals surface area contributed by atoms with Crippen LogP contribution >= 0.6 is 0 Å². The number of fused-ring (bicyclic) bond motifs is 1. The molecule has 4 heteroatoms. The van der Waals surface area contributed by atoms with Gasteiger partial charge in [0.25, 0.3) is 0 Å². The summed E-state index contributed by atoms with van der Waals surface area (Å²) in [5, 5.41) is 1.15. The van der Waals surface area contributed by atoms with Gasteiger partial charge in [-0.25, -0.2) is 0 Å². The summed E-state index contributed by atoms with van der Waals surface area (Å²) in [5.41, 5.74) is 3.43. The van der Waals surface area contributed by atoms with Crippen LogP contribution in [0.1, 0.15) is 30.0 Å². The van der Waals surface area contributed by atoms with Crippen LogP contribution in [0, 0.1) is 0 Å². The van der Waals surface area contributed by atoms with Crippen molar-refractivity contribution in [2.45, 2.75) is 31.3 Å². The van der Waals surface area contributed by atoms with Gasteiger partial charge in [0, 0.05) is 42.8 Å². The molecule has 0 spiro atoms. The van der Waals surface area contributed by atoms with E-state index in [4.69, 9.17) is 0 Å². The summed E-state index contributed by atoms with van der Waals surface area (Å²) in [5.74, 6) is 0.226. The second-order valence-electron chi connectivity index (χ2n) is 7.78. The van der Waals surface area contributed by atoms with Gasteiger partial charge in [-0.1, -0.05) is 48.5 Å². The quantitative estimate of drug-likeness (QED) is 0.770. The van der Waals surface area contributed by atoms with Crippen molar-refractivity contribution in [1.29, 1.82) is 0 Å². The Labute approximate surface area is 159 Å². The molecular formula is C23H25N3O. The maximum Gasteiger partial charge on any atom is 0.227 e. The lowest BCUT2D eigenvalue weighted by atomic mass is 10.0. The number of amides is 1. The number of para-hydroxylation sites is 1. The molecule has 27 heavy (non-hydrogen) atoms. The van der Waals surface area contributed by atoms with Crippen LogP contribution in [0.15, 0.2) is 60.8 Å². The van der Waals surface area contributed by atoms with E-state index >= 15 is 0 Å². The van der Waals surface area contributed by atoms with Crippen molar-refractivity contribution < 1.29 is 4.79 Å². The van der Waals surface area contributed by atoms with Crippen molar-refractivity contribution in [2.24, 2.45) is 0 Å². The van der Waals surface area contributed by atoms with Crippen LogP contribution in [-0.2, 0) is 11.2 Å². The SMILES string of the molecule is O=C(Cc1c[nH]c2ccccc12)N1CCN(C2CC2)CC1c1ccccc1. The normalized spacial score (nSPS) is 20.9. The third-order valence-corrected chi connectivity index (χ3v) is 6.00. The minimum absolute atomic E-state index is 0.151. The van der Waals surface area contributed by atoms with Crippen LogP contribution in [0.4, 0.5) is 0 Å². The van der Waals surface area contributed by atoms with E-state index in [9.17, 15) is 4.79 Å². The summed E-state index contributed by atoms with van der Waals surface area (Å²) in [7, 11) is 0. The van der Waals surface area contributed by atoms with Crippen molar-refractivity contribution in [1.82, 2.24) is 14.8 Å².